The molecule has 4 N–H and O–H groups in total. The van der Waals surface area contributed by atoms with Gasteiger partial charge in [0.05, 0.1) is 13.2 Å². The summed E-state index contributed by atoms with van der Waals surface area (Å²) in [7, 11) is 1.71. The zero-order valence-electron chi connectivity index (χ0n) is 10.6. The molecule has 0 aromatic carbocycles. The average Bonchev–Trinajstić information content (AvgIpc) is 2.28. The minimum absolute atomic E-state index is 0.200. The standard InChI is InChI=1S/C11H26N2O2S/c1-9(11(7-14)16-3)13-10(8-15-2)5-4-6-12/h9-11,13-14H,4-8,12H2,1-3H3. The maximum Gasteiger partial charge on any atom is 0.0615 e. The summed E-state index contributed by atoms with van der Waals surface area (Å²) < 4.78 is 5.18. The molecule has 5 heteroatoms. The summed E-state index contributed by atoms with van der Waals surface area (Å²) in [5.74, 6) is 0. The number of hydrogen-bond acceptors (Lipinski definition) is 5. The fourth-order valence-corrected chi connectivity index (χ4v) is 2.33. The maximum atomic E-state index is 9.20. The fraction of sp³-hybridized carbons (Fsp3) is 1.00. The zero-order valence-corrected chi connectivity index (χ0v) is 11.4. The van der Waals surface area contributed by atoms with Crippen molar-refractivity contribution < 1.29 is 9.84 Å². The van der Waals surface area contributed by atoms with E-state index < -0.39 is 0 Å². The second-order valence-electron chi connectivity index (χ2n) is 4.00. The van der Waals surface area contributed by atoms with Gasteiger partial charge in [-0.05, 0) is 32.6 Å². The monoisotopic (exact) mass is 250 g/mol. The van der Waals surface area contributed by atoms with Crippen LogP contribution in [-0.2, 0) is 4.74 Å². The third-order valence-electron chi connectivity index (χ3n) is 2.66. The van der Waals surface area contributed by atoms with Crippen LogP contribution in [0.3, 0.4) is 0 Å². The SMILES string of the molecule is COCC(CCCN)NC(C)C(CO)SC. The lowest BCUT2D eigenvalue weighted by atomic mass is 10.1. The highest BCUT2D eigenvalue weighted by molar-refractivity contribution is 7.99. The van der Waals surface area contributed by atoms with Crippen molar-refractivity contribution in [3.63, 3.8) is 0 Å². The molecule has 0 aliphatic carbocycles. The molecular weight excluding hydrogens is 224 g/mol. The summed E-state index contributed by atoms with van der Waals surface area (Å²) in [6.07, 6.45) is 4.03. The van der Waals surface area contributed by atoms with E-state index in [-0.39, 0.29) is 17.9 Å². The van der Waals surface area contributed by atoms with Gasteiger partial charge in [0.2, 0.25) is 0 Å². The second kappa shape index (κ2) is 10.4. The Labute approximate surface area is 103 Å². The van der Waals surface area contributed by atoms with E-state index in [9.17, 15) is 5.11 Å². The van der Waals surface area contributed by atoms with E-state index in [2.05, 4.69) is 12.2 Å². The molecule has 0 saturated carbocycles. The highest BCUT2D eigenvalue weighted by Gasteiger charge is 2.18. The molecule has 0 aliphatic rings. The smallest absolute Gasteiger partial charge is 0.0615 e. The molecule has 0 aromatic heterocycles. The summed E-state index contributed by atoms with van der Waals surface area (Å²) in [4.78, 5) is 0. The van der Waals surface area contributed by atoms with Crippen LogP contribution in [0, 0.1) is 0 Å². The van der Waals surface area contributed by atoms with Crippen molar-refractivity contribution in [1.29, 1.82) is 0 Å². The quantitative estimate of drug-likeness (QED) is 0.525. The van der Waals surface area contributed by atoms with Gasteiger partial charge in [0.25, 0.3) is 0 Å². The molecule has 0 radical (unpaired) electrons. The molecule has 0 bridgehead atoms. The van der Waals surface area contributed by atoms with Gasteiger partial charge in [-0.1, -0.05) is 0 Å². The Morgan fingerprint density at radius 3 is 2.62 bits per heavy atom. The Morgan fingerprint density at radius 1 is 1.50 bits per heavy atom. The van der Waals surface area contributed by atoms with Gasteiger partial charge in [-0.25, -0.2) is 0 Å². The van der Waals surface area contributed by atoms with Crippen molar-refractivity contribution in [2.24, 2.45) is 5.73 Å². The van der Waals surface area contributed by atoms with Crippen LogP contribution in [0.2, 0.25) is 0 Å². The van der Waals surface area contributed by atoms with Crippen molar-refractivity contribution in [2.45, 2.75) is 37.1 Å². The first-order chi connectivity index (χ1) is 7.69. The molecule has 4 nitrogen and oxygen atoms in total. The minimum atomic E-state index is 0.200. The molecule has 0 rings (SSSR count). The van der Waals surface area contributed by atoms with Gasteiger partial charge >= 0.3 is 0 Å². The predicted octanol–water partition coefficient (Wildman–Crippen LogP) is 0.442. The minimum Gasteiger partial charge on any atom is -0.395 e. The molecule has 0 aliphatic heterocycles. The van der Waals surface area contributed by atoms with E-state index in [4.69, 9.17) is 10.5 Å². The number of hydrogen-bond donors (Lipinski definition) is 3. The molecule has 3 atom stereocenters. The van der Waals surface area contributed by atoms with Crippen LogP contribution in [0.1, 0.15) is 19.8 Å². The highest BCUT2D eigenvalue weighted by Crippen LogP contribution is 2.11. The van der Waals surface area contributed by atoms with Gasteiger partial charge in [0, 0.05) is 24.4 Å². The van der Waals surface area contributed by atoms with Gasteiger partial charge in [0.1, 0.15) is 0 Å². The van der Waals surface area contributed by atoms with Crippen molar-refractivity contribution in [3.05, 3.63) is 0 Å². The largest absolute Gasteiger partial charge is 0.395 e. The van der Waals surface area contributed by atoms with E-state index >= 15 is 0 Å². The first kappa shape index (κ1) is 16.2. The van der Waals surface area contributed by atoms with E-state index in [0.29, 0.717) is 19.2 Å². The van der Waals surface area contributed by atoms with E-state index in [1.165, 1.54) is 0 Å². The number of aliphatic hydroxyl groups is 1. The topological polar surface area (TPSA) is 67.5 Å². The van der Waals surface area contributed by atoms with Gasteiger partial charge in [-0.3, -0.25) is 0 Å². The number of aliphatic hydroxyl groups excluding tert-OH is 1. The summed E-state index contributed by atoms with van der Waals surface area (Å²) in [5.41, 5.74) is 5.50. The van der Waals surface area contributed by atoms with E-state index in [0.717, 1.165) is 12.8 Å². The molecule has 3 unspecified atom stereocenters. The van der Waals surface area contributed by atoms with Crippen molar-refractivity contribution in [3.8, 4) is 0 Å². The summed E-state index contributed by atoms with van der Waals surface area (Å²) in [6, 6.07) is 0.600. The van der Waals surface area contributed by atoms with Crippen LogP contribution in [0.4, 0.5) is 0 Å². The lowest BCUT2D eigenvalue weighted by Crippen LogP contribution is -2.45. The van der Waals surface area contributed by atoms with Crippen LogP contribution < -0.4 is 11.1 Å². The van der Waals surface area contributed by atoms with Crippen molar-refractivity contribution in [1.82, 2.24) is 5.32 Å². The Kier molecular flexibility index (Phi) is 10.5. The van der Waals surface area contributed by atoms with Crippen LogP contribution in [-0.4, -0.2) is 55.6 Å². The molecule has 0 fully saturated rings. The van der Waals surface area contributed by atoms with Gasteiger partial charge in [-0.2, -0.15) is 11.8 Å². The summed E-state index contributed by atoms with van der Waals surface area (Å²) in [6.45, 7) is 3.70. The summed E-state index contributed by atoms with van der Waals surface area (Å²) >= 11 is 1.68. The summed E-state index contributed by atoms with van der Waals surface area (Å²) in [5, 5.41) is 12.9. The maximum absolute atomic E-state index is 9.20. The predicted molar refractivity (Wildman–Crippen MR) is 70.9 cm³/mol. The number of thioether (sulfide) groups is 1. The van der Waals surface area contributed by atoms with Crippen molar-refractivity contribution >= 4 is 11.8 Å². The highest BCUT2D eigenvalue weighted by atomic mass is 32.2. The number of rotatable bonds is 10. The Balaban J connectivity index is 4.04. The van der Waals surface area contributed by atoms with Gasteiger partial charge < -0.3 is 20.9 Å². The van der Waals surface area contributed by atoms with Crippen LogP contribution in [0.5, 0.6) is 0 Å². The second-order valence-corrected chi connectivity index (χ2v) is 5.07. The third kappa shape index (κ3) is 6.70. The number of nitrogens with two attached hydrogens (primary N) is 1. The number of methoxy groups -OCH3 is 1. The van der Waals surface area contributed by atoms with E-state index in [1.807, 2.05) is 6.26 Å². The zero-order chi connectivity index (χ0) is 12.4. The Bertz CT molecular complexity index is 157. The van der Waals surface area contributed by atoms with E-state index in [1.54, 1.807) is 18.9 Å². The fourth-order valence-electron chi connectivity index (χ4n) is 1.70. The molecule has 0 spiro atoms. The lowest BCUT2D eigenvalue weighted by Gasteiger charge is -2.27. The molecule has 98 valence electrons. The number of nitrogens with one attached hydrogen (secondary N) is 1. The third-order valence-corrected chi connectivity index (χ3v) is 3.83. The first-order valence-corrected chi connectivity index (χ1v) is 7.07. The average molecular weight is 250 g/mol. The molecule has 0 amide bonds. The first-order valence-electron chi connectivity index (χ1n) is 5.78. The molecule has 0 heterocycles. The van der Waals surface area contributed by atoms with Crippen LogP contribution in [0.15, 0.2) is 0 Å². The van der Waals surface area contributed by atoms with Crippen LogP contribution >= 0.6 is 11.8 Å². The molecular formula is C11H26N2O2S. The molecule has 0 aromatic rings. The normalized spacial score (nSPS) is 17.1. The molecule has 0 saturated heterocycles. The van der Waals surface area contributed by atoms with Crippen molar-refractivity contribution in [2.75, 3.05) is 33.1 Å². The Morgan fingerprint density at radius 2 is 2.19 bits per heavy atom. The Hall–Kier alpha value is 0.190. The lowest BCUT2D eigenvalue weighted by molar-refractivity contribution is 0.153. The van der Waals surface area contributed by atoms with Gasteiger partial charge in [-0.15, -0.1) is 0 Å². The van der Waals surface area contributed by atoms with Gasteiger partial charge in [0.15, 0.2) is 0 Å². The molecule has 16 heavy (non-hydrogen) atoms. The van der Waals surface area contributed by atoms with Crippen LogP contribution in [0.25, 0.3) is 0 Å². The number of ether oxygens (including phenoxy) is 1.